The quantitative estimate of drug-likeness (QED) is 0.827. The first-order valence-electron chi connectivity index (χ1n) is 7.35. The van der Waals surface area contributed by atoms with Crippen molar-refractivity contribution in [2.45, 2.75) is 19.9 Å². The Balaban J connectivity index is 2.06. The number of aromatic nitrogens is 1. The van der Waals surface area contributed by atoms with Gasteiger partial charge >= 0.3 is 11.9 Å². The van der Waals surface area contributed by atoms with E-state index in [0.717, 1.165) is 5.56 Å². The van der Waals surface area contributed by atoms with E-state index in [1.54, 1.807) is 35.9 Å². The van der Waals surface area contributed by atoms with Crippen molar-refractivity contribution >= 4 is 17.6 Å². The molecule has 0 bridgehead atoms. The first-order valence-corrected chi connectivity index (χ1v) is 7.35. The molecule has 0 radical (unpaired) electrons. The van der Waals surface area contributed by atoms with E-state index in [4.69, 9.17) is 10.5 Å². The molecule has 0 aliphatic rings. The average Bonchev–Trinajstić information content (AvgIpc) is 2.93. The highest BCUT2D eigenvalue weighted by atomic mass is 16.5. The molecule has 2 aromatic rings. The van der Waals surface area contributed by atoms with E-state index in [1.165, 1.54) is 7.11 Å². The van der Waals surface area contributed by atoms with Crippen LogP contribution in [0.1, 0.15) is 33.3 Å². The Morgan fingerprint density at radius 2 is 1.83 bits per heavy atom. The molecule has 1 aromatic carbocycles. The minimum Gasteiger partial charge on any atom is -0.465 e. The molecule has 6 heteroatoms. The SMILES string of the molecule is CCOC(=O)c1c(N)ccn1CCc1ccc(C(=O)OC)cc1. The van der Waals surface area contributed by atoms with Crippen molar-refractivity contribution in [1.82, 2.24) is 4.57 Å². The van der Waals surface area contributed by atoms with Crippen LogP contribution in [0.15, 0.2) is 36.5 Å². The molecule has 0 unspecified atom stereocenters. The number of anilines is 1. The molecule has 0 saturated carbocycles. The van der Waals surface area contributed by atoms with Crippen LogP contribution < -0.4 is 5.73 Å². The Kier molecular flexibility index (Phi) is 5.41. The first-order chi connectivity index (χ1) is 11.1. The van der Waals surface area contributed by atoms with Gasteiger partial charge in [-0.3, -0.25) is 0 Å². The minimum atomic E-state index is -0.420. The van der Waals surface area contributed by atoms with Gasteiger partial charge in [-0.25, -0.2) is 9.59 Å². The van der Waals surface area contributed by atoms with Crippen LogP contribution in [0.5, 0.6) is 0 Å². The molecular weight excluding hydrogens is 296 g/mol. The molecular formula is C17H20N2O4. The van der Waals surface area contributed by atoms with Crippen LogP contribution in [-0.4, -0.2) is 30.2 Å². The lowest BCUT2D eigenvalue weighted by molar-refractivity contribution is 0.0514. The maximum absolute atomic E-state index is 11.9. The number of nitrogens with zero attached hydrogens (tertiary/aromatic N) is 1. The lowest BCUT2D eigenvalue weighted by Crippen LogP contribution is -2.14. The summed E-state index contributed by atoms with van der Waals surface area (Å²) in [6, 6.07) is 8.85. The third kappa shape index (κ3) is 3.91. The lowest BCUT2D eigenvalue weighted by atomic mass is 10.1. The van der Waals surface area contributed by atoms with E-state index < -0.39 is 5.97 Å². The van der Waals surface area contributed by atoms with Crippen molar-refractivity contribution in [2.75, 3.05) is 19.5 Å². The molecule has 23 heavy (non-hydrogen) atoms. The number of rotatable bonds is 6. The summed E-state index contributed by atoms with van der Waals surface area (Å²) in [7, 11) is 1.35. The van der Waals surface area contributed by atoms with Crippen molar-refractivity contribution in [1.29, 1.82) is 0 Å². The number of nitrogen functional groups attached to an aromatic ring is 1. The molecule has 0 saturated heterocycles. The van der Waals surface area contributed by atoms with E-state index in [2.05, 4.69) is 4.74 Å². The van der Waals surface area contributed by atoms with Crippen molar-refractivity contribution in [3.8, 4) is 0 Å². The summed E-state index contributed by atoms with van der Waals surface area (Å²) in [5.41, 5.74) is 8.17. The first kappa shape index (κ1) is 16.6. The van der Waals surface area contributed by atoms with Gasteiger partial charge in [-0.15, -0.1) is 0 Å². The summed E-state index contributed by atoms with van der Waals surface area (Å²) >= 11 is 0. The molecule has 0 fully saturated rings. The van der Waals surface area contributed by atoms with Crippen LogP contribution in [0.25, 0.3) is 0 Å². The van der Waals surface area contributed by atoms with Crippen LogP contribution >= 0.6 is 0 Å². The number of methoxy groups -OCH3 is 1. The normalized spacial score (nSPS) is 10.3. The maximum atomic E-state index is 11.9. The smallest absolute Gasteiger partial charge is 0.357 e. The number of nitrogens with two attached hydrogens (primary N) is 1. The van der Waals surface area contributed by atoms with Crippen LogP contribution in [0.4, 0.5) is 5.69 Å². The summed E-state index contributed by atoms with van der Waals surface area (Å²) < 4.78 is 11.5. The molecule has 2 rings (SSSR count). The second-order valence-corrected chi connectivity index (χ2v) is 4.97. The minimum absolute atomic E-state index is 0.304. The third-order valence-electron chi connectivity index (χ3n) is 3.48. The average molecular weight is 316 g/mol. The van der Waals surface area contributed by atoms with Gasteiger partial charge in [0, 0.05) is 12.7 Å². The fourth-order valence-corrected chi connectivity index (χ4v) is 2.29. The number of aryl methyl sites for hydroxylation is 2. The van der Waals surface area contributed by atoms with E-state index in [-0.39, 0.29) is 5.97 Å². The van der Waals surface area contributed by atoms with Crippen molar-refractivity contribution in [2.24, 2.45) is 0 Å². The maximum Gasteiger partial charge on any atom is 0.357 e. The zero-order valence-corrected chi connectivity index (χ0v) is 13.2. The summed E-state index contributed by atoms with van der Waals surface area (Å²) in [5, 5.41) is 0. The van der Waals surface area contributed by atoms with E-state index in [0.29, 0.717) is 36.5 Å². The molecule has 1 heterocycles. The molecule has 2 N–H and O–H groups in total. The van der Waals surface area contributed by atoms with Gasteiger partial charge in [-0.2, -0.15) is 0 Å². The fourth-order valence-electron chi connectivity index (χ4n) is 2.29. The monoisotopic (exact) mass is 316 g/mol. The lowest BCUT2D eigenvalue weighted by Gasteiger charge is -2.10. The summed E-state index contributed by atoms with van der Waals surface area (Å²) in [4.78, 5) is 23.3. The Bertz CT molecular complexity index is 689. The standard InChI is InChI=1S/C17H20N2O4/c1-3-23-17(21)15-14(18)9-11-19(15)10-8-12-4-6-13(7-5-12)16(20)22-2/h4-7,9,11H,3,8,10,18H2,1-2H3. The predicted octanol–water partition coefficient (Wildman–Crippen LogP) is 2.28. The fraction of sp³-hybridized carbons (Fsp3) is 0.294. The molecule has 0 aliphatic carbocycles. The van der Waals surface area contributed by atoms with Gasteiger partial charge in [0.2, 0.25) is 0 Å². The third-order valence-corrected chi connectivity index (χ3v) is 3.48. The number of carbonyl (C=O) groups is 2. The van der Waals surface area contributed by atoms with Gasteiger partial charge in [0.15, 0.2) is 5.69 Å². The van der Waals surface area contributed by atoms with Crippen molar-refractivity contribution in [3.05, 3.63) is 53.3 Å². The summed E-state index contributed by atoms with van der Waals surface area (Å²) in [5.74, 6) is -0.782. The van der Waals surface area contributed by atoms with Gasteiger partial charge < -0.3 is 19.8 Å². The highest BCUT2D eigenvalue weighted by Crippen LogP contribution is 2.16. The van der Waals surface area contributed by atoms with Gasteiger partial charge in [0.25, 0.3) is 0 Å². The number of carbonyl (C=O) groups excluding carboxylic acids is 2. The van der Waals surface area contributed by atoms with E-state index >= 15 is 0 Å². The number of hydrogen-bond acceptors (Lipinski definition) is 5. The molecule has 0 spiro atoms. The zero-order chi connectivity index (χ0) is 16.8. The molecule has 0 aliphatic heterocycles. The van der Waals surface area contributed by atoms with Crippen LogP contribution in [0.3, 0.4) is 0 Å². The number of esters is 2. The Labute approximate surface area is 134 Å². The molecule has 0 atom stereocenters. The van der Waals surface area contributed by atoms with Crippen LogP contribution in [0, 0.1) is 0 Å². The molecule has 6 nitrogen and oxygen atoms in total. The highest BCUT2D eigenvalue weighted by molar-refractivity contribution is 5.93. The Morgan fingerprint density at radius 1 is 1.13 bits per heavy atom. The summed E-state index contributed by atoms with van der Waals surface area (Å²) in [6.45, 7) is 2.64. The molecule has 0 amide bonds. The highest BCUT2D eigenvalue weighted by Gasteiger charge is 2.16. The zero-order valence-electron chi connectivity index (χ0n) is 13.2. The Morgan fingerprint density at radius 3 is 2.43 bits per heavy atom. The number of ether oxygens (including phenoxy) is 2. The second-order valence-electron chi connectivity index (χ2n) is 4.97. The van der Waals surface area contributed by atoms with Crippen LogP contribution in [-0.2, 0) is 22.4 Å². The van der Waals surface area contributed by atoms with Crippen molar-refractivity contribution in [3.63, 3.8) is 0 Å². The van der Waals surface area contributed by atoms with Gasteiger partial charge in [-0.1, -0.05) is 12.1 Å². The van der Waals surface area contributed by atoms with Crippen LogP contribution in [0.2, 0.25) is 0 Å². The van der Waals surface area contributed by atoms with E-state index in [1.807, 2.05) is 12.1 Å². The topological polar surface area (TPSA) is 83.5 Å². The largest absolute Gasteiger partial charge is 0.465 e. The molecule has 1 aromatic heterocycles. The van der Waals surface area contributed by atoms with Gasteiger partial charge in [-0.05, 0) is 37.1 Å². The van der Waals surface area contributed by atoms with Gasteiger partial charge in [0.05, 0.1) is 25.0 Å². The predicted molar refractivity (Wildman–Crippen MR) is 86.3 cm³/mol. The van der Waals surface area contributed by atoms with Gasteiger partial charge in [0.1, 0.15) is 0 Å². The van der Waals surface area contributed by atoms with E-state index in [9.17, 15) is 9.59 Å². The summed E-state index contributed by atoms with van der Waals surface area (Å²) in [6.07, 6.45) is 2.46. The second kappa shape index (κ2) is 7.49. The Hall–Kier alpha value is -2.76. The number of benzene rings is 1. The van der Waals surface area contributed by atoms with Crippen molar-refractivity contribution < 1.29 is 19.1 Å². The molecule has 122 valence electrons. The number of hydrogen-bond donors (Lipinski definition) is 1.